The Morgan fingerprint density at radius 2 is 1.86 bits per heavy atom. The maximum atomic E-state index is 2.12. The van der Waals surface area contributed by atoms with Gasteiger partial charge in [0.2, 0.25) is 0 Å². The van der Waals surface area contributed by atoms with Crippen LogP contribution in [0.2, 0.25) is 0 Å². The lowest BCUT2D eigenvalue weighted by Gasteiger charge is -2.09. The molecule has 0 saturated carbocycles. The molecule has 1 radical (unpaired) electrons. The summed E-state index contributed by atoms with van der Waals surface area (Å²) < 4.78 is 0. The molecule has 0 atom stereocenters. The number of hydrogen-bond donors (Lipinski definition) is 0. The first-order valence-corrected chi connectivity index (χ1v) is 2.56. The minimum atomic E-state index is 1.08. The molecule has 0 rings (SSSR count). The molecule has 0 bridgehead atoms. The molecule has 0 N–H and O–H groups in total. The first kappa shape index (κ1) is 6.92. The van der Waals surface area contributed by atoms with Crippen molar-refractivity contribution in [3.05, 3.63) is 0 Å². The summed E-state index contributed by atoms with van der Waals surface area (Å²) in [5.41, 5.74) is 0. The maximum Gasteiger partial charge on any atom is 0.134 e. The molecule has 0 heterocycles. The zero-order chi connectivity index (χ0) is 5.86. The molecule has 0 aliphatic heterocycles. The fourth-order valence-corrected chi connectivity index (χ4v) is 0.283. The minimum Gasteiger partial charge on any atom is -0.110 e. The van der Waals surface area contributed by atoms with Gasteiger partial charge in [-0.15, -0.1) is 5.01 Å². The normalized spacial score (nSPS) is 11.1. The van der Waals surface area contributed by atoms with Gasteiger partial charge in [0.25, 0.3) is 0 Å². The molecule has 0 aliphatic rings. The van der Waals surface area contributed by atoms with Crippen LogP contribution in [-0.4, -0.2) is 32.7 Å². The van der Waals surface area contributed by atoms with Crippen molar-refractivity contribution in [2.45, 2.75) is 6.92 Å². The Morgan fingerprint density at radius 1 is 1.43 bits per heavy atom. The van der Waals surface area contributed by atoms with Crippen LogP contribution in [0, 0.1) is 0 Å². The Kier molecular flexibility index (Phi) is 2.96. The molecule has 2 nitrogen and oxygen atoms in total. The molecule has 0 aromatic carbocycles. The number of hydrazine groups is 1. The zero-order valence-electron chi connectivity index (χ0n) is 5.60. The third-order valence-electron chi connectivity index (χ3n) is 1.14. The van der Waals surface area contributed by atoms with E-state index in [-0.39, 0.29) is 0 Å². The summed E-state index contributed by atoms with van der Waals surface area (Å²) in [7, 11) is 6.12. The van der Waals surface area contributed by atoms with Crippen LogP contribution in [0.4, 0.5) is 0 Å². The van der Waals surface area contributed by atoms with Crippen LogP contribution in [0.3, 0.4) is 0 Å². The Hall–Kier alpha value is -0.0800. The summed E-state index contributed by atoms with van der Waals surface area (Å²) in [6, 6.07) is 0. The summed E-state index contributed by atoms with van der Waals surface area (Å²) in [5, 5.41) is 4.18. The van der Waals surface area contributed by atoms with Crippen molar-refractivity contribution in [1.82, 2.24) is 10.0 Å². The molecule has 43 valence electrons. The van der Waals surface area contributed by atoms with Gasteiger partial charge in [-0.3, -0.25) is 0 Å². The van der Waals surface area contributed by atoms with Crippen LogP contribution in [0.25, 0.3) is 0 Å². The van der Waals surface area contributed by atoms with Crippen LogP contribution in [-0.2, 0) is 0 Å². The van der Waals surface area contributed by atoms with Crippen molar-refractivity contribution >= 4 is 0 Å². The second-order valence-corrected chi connectivity index (χ2v) is 1.82. The van der Waals surface area contributed by atoms with Gasteiger partial charge in [0.05, 0.1) is 0 Å². The topological polar surface area (TPSA) is 9.14 Å². The largest absolute Gasteiger partial charge is 0.134 e. The summed E-state index contributed by atoms with van der Waals surface area (Å²) in [6.45, 7) is 3.20. The van der Waals surface area contributed by atoms with E-state index in [4.69, 9.17) is 0 Å². The molecule has 2 heteroatoms. The van der Waals surface area contributed by atoms with Crippen LogP contribution in [0.1, 0.15) is 6.92 Å². The summed E-state index contributed by atoms with van der Waals surface area (Å²) >= 11 is 0. The van der Waals surface area contributed by atoms with Gasteiger partial charge in [-0.05, 0) is 6.92 Å². The first-order chi connectivity index (χ1) is 3.18. The Bertz CT molecular complexity index is 43.3. The van der Waals surface area contributed by atoms with E-state index in [1.165, 1.54) is 0 Å². The molecule has 7 heavy (non-hydrogen) atoms. The quantitative estimate of drug-likeness (QED) is 0.359. The van der Waals surface area contributed by atoms with Gasteiger partial charge in [-0.1, -0.05) is 5.01 Å². The predicted molar refractivity (Wildman–Crippen MR) is 32.3 cm³/mol. The van der Waals surface area contributed by atoms with Crippen molar-refractivity contribution in [2.75, 3.05) is 27.7 Å². The second-order valence-electron chi connectivity index (χ2n) is 1.82. The van der Waals surface area contributed by atoms with E-state index in [1.54, 1.807) is 0 Å². The second kappa shape index (κ2) is 2.99. The molecular weight excluding hydrogens is 88.1 g/mol. The van der Waals surface area contributed by atoms with E-state index in [9.17, 15) is 0 Å². The van der Waals surface area contributed by atoms with E-state index in [1.807, 2.05) is 14.1 Å². The van der Waals surface area contributed by atoms with Crippen molar-refractivity contribution in [2.24, 2.45) is 0 Å². The highest BCUT2D eigenvalue weighted by molar-refractivity contribution is 4.38. The molecule has 0 aromatic heterocycles. The predicted octanol–water partition coefficient (Wildman–Crippen LogP) is 0.253. The van der Waals surface area contributed by atoms with Gasteiger partial charge in [-0.25, -0.2) is 0 Å². The Balaban J connectivity index is 3.14. The molecule has 0 aliphatic carbocycles. The summed E-state index contributed by atoms with van der Waals surface area (Å²) in [5.74, 6) is 0. The van der Waals surface area contributed by atoms with Gasteiger partial charge >= 0.3 is 0 Å². The lowest BCUT2D eigenvalue weighted by atomic mass is 10.7. The lowest BCUT2D eigenvalue weighted by molar-refractivity contribution is 0.161. The molecule has 0 amide bonds. The van der Waals surface area contributed by atoms with Crippen LogP contribution < -0.4 is 5.01 Å². The fraction of sp³-hybridized carbons (Fsp3) is 1.00. The van der Waals surface area contributed by atoms with E-state index in [0.29, 0.717) is 0 Å². The fourth-order valence-electron chi connectivity index (χ4n) is 0.283. The van der Waals surface area contributed by atoms with Gasteiger partial charge in [0.1, 0.15) is 14.1 Å². The van der Waals surface area contributed by atoms with Gasteiger partial charge in [-0.2, -0.15) is 0 Å². The average Bonchev–Trinajstić information content (AvgIpc) is 1.65. The first-order valence-electron chi connectivity index (χ1n) is 2.56. The number of rotatable bonds is 2. The van der Waals surface area contributed by atoms with E-state index in [2.05, 4.69) is 24.0 Å². The zero-order valence-corrected chi connectivity index (χ0v) is 5.60. The Morgan fingerprint density at radius 3 is 1.86 bits per heavy atom. The molecule has 0 fully saturated rings. The van der Waals surface area contributed by atoms with Gasteiger partial charge in [0.15, 0.2) is 0 Å². The maximum absolute atomic E-state index is 2.12. The minimum absolute atomic E-state index is 1.08. The molecule has 0 saturated heterocycles. The molecule has 0 spiro atoms. The third-order valence-corrected chi connectivity index (χ3v) is 1.14. The van der Waals surface area contributed by atoms with Crippen LogP contribution >= 0.6 is 0 Å². The molecular formula is C5H14N2+. The van der Waals surface area contributed by atoms with Crippen molar-refractivity contribution < 1.29 is 0 Å². The standard InChI is InChI=1S/C5H14N2/c1-5-7(4)6(2)3/h5H2,1-4H3/q+1. The van der Waals surface area contributed by atoms with Crippen molar-refractivity contribution in [1.29, 1.82) is 0 Å². The highest BCUT2D eigenvalue weighted by Crippen LogP contribution is 1.76. The number of hydrogen-bond acceptors (Lipinski definition) is 2. The molecule has 0 unspecified atom stereocenters. The van der Waals surface area contributed by atoms with Gasteiger partial charge in [0, 0.05) is 13.6 Å². The van der Waals surface area contributed by atoms with Crippen molar-refractivity contribution in [3.63, 3.8) is 0 Å². The van der Waals surface area contributed by atoms with E-state index < -0.39 is 0 Å². The third kappa shape index (κ3) is 2.60. The number of nitrogens with zero attached hydrogens (tertiary/aromatic N) is 2. The summed E-state index contributed by atoms with van der Waals surface area (Å²) in [6.07, 6.45) is 0. The van der Waals surface area contributed by atoms with E-state index in [0.717, 1.165) is 6.54 Å². The highest BCUT2D eigenvalue weighted by Gasteiger charge is 2.02. The van der Waals surface area contributed by atoms with Crippen LogP contribution in [0.15, 0.2) is 0 Å². The van der Waals surface area contributed by atoms with Crippen molar-refractivity contribution in [3.8, 4) is 0 Å². The monoisotopic (exact) mass is 102 g/mol. The lowest BCUT2D eigenvalue weighted by Crippen LogP contribution is -2.37. The van der Waals surface area contributed by atoms with Crippen LogP contribution in [0.5, 0.6) is 0 Å². The Labute approximate surface area is 45.7 Å². The smallest absolute Gasteiger partial charge is 0.110 e. The highest BCUT2D eigenvalue weighted by atomic mass is 15.6. The summed E-state index contributed by atoms with van der Waals surface area (Å²) in [4.78, 5) is 0. The molecule has 0 aromatic rings. The SMILES string of the molecule is CCN(C)[N+](C)C. The van der Waals surface area contributed by atoms with Gasteiger partial charge < -0.3 is 0 Å². The van der Waals surface area contributed by atoms with E-state index >= 15 is 0 Å². The average molecular weight is 102 g/mol.